The van der Waals surface area contributed by atoms with Crippen LogP contribution in [0.3, 0.4) is 0 Å². The average molecular weight is 427 g/mol. The Morgan fingerprint density at radius 2 is 1.97 bits per heavy atom. The van der Waals surface area contributed by atoms with Gasteiger partial charge in [-0.25, -0.2) is 4.39 Å². The van der Waals surface area contributed by atoms with Gasteiger partial charge in [0, 0.05) is 23.8 Å². The van der Waals surface area contributed by atoms with Crippen molar-refractivity contribution in [3.05, 3.63) is 70.4 Å². The van der Waals surface area contributed by atoms with E-state index in [0.717, 1.165) is 58.4 Å². The Morgan fingerprint density at radius 3 is 2.77 bits per heavy atom. The normalized spacial score (nSPS) is 17.3. The van der Waals surface area contributed by atoms with Gasteiger partial charge in [0.15, 0.2) is 0 Å². The largest absolute Gasteiger partial charge is 0.395 e. The first-order valence-corrected chi connectivity index (χ1v) is 11.4. The Kier molecular flexibility index (Phi) is 6.77. The molecule has 3 aromatic rings. The van der Waals surface area contributed by atoms with E-state index in [9.17, 15) is 9.18 Å². The molecule has 1 aliphatic rings. The molecule has 2 N–H and O–H groups in total. The summed E-state index contributed by atoms with van der Waals surface area (Å²) in [5.74, 6) is -0.321. The lowest BCUT2D eigenvalue weighted by atomic mass is 9.93. The number of nitrogens with zero attached hydrogens (tertiary/aromatic N) is 1. The Balaban J connectivity index is 1.60. The van der Waals surface area contributed by atoms with Gasteiger partial charge in [-0.2, -0.15) is 0 Å². The van der Waals surface area contributed by atoms with E-state index in [4.69, 9.17) is 5.11 Å². The number of benzene rings is 2. The minimum absolute atomic E-state index is 0.0694. The van der Waals surface area contributed by atoms with Crippen LogP contribution in [0.5, 0.6) is 0 Å². The third-order valence-electron chi connectivity index (χ3n) is 5.79. The molecule has 1 saturated heterocycles. The van der Waals surface area contributed by atoms with Gasteiger partial charge in [0.1, 0.15) is 5.82 Å². The van der Waals surface area contributed by atoms with Gasteiger partial charge in [0.25, 0.3) is 5.91 Å². The third-order valence-corrected chi connectivity index (χ3v) is 7.00. The molecule has 2 aromatic carbocycles. The molecule has 0 radical (unpaired) electrons. The fourth-order valence-electron chi connectivity index (χ4n) is 4.29. The number of fused-ring (bicyclic) bond motifs is 1. The molecule has 30 heavy (non-hydrogen) atoms. The molecule has 1 aromatic heterocycles. The number of aliphatic hydroxyl groups is 1. The molecule has 4 nitrogen and oxygen atoms in total. The zero-order valence-corrected chi connectivity index (χ0v) is 17.8. The van der Waals surface area contributed by atoms with E-state index in [2.05, 4.69) is 22.3 Å². The Morgan fingerprint density at radius 1 is 1.17 bits per heavy atom. The number of hydrogen-bond donors (Lipinski definition) is 2. The Bertz CT molecular complexity index is 1000. The van der Waals surface area contributed by atoms with Crippen molar-refractivity contribution in [2.24, 2.45) is 0 Å². The summed E-state index contributed by atoms with van der Waals surface area (Å²) in [5.41, 5.74) is 2.21. The van der Waals surface area contributed by atoms with Crippen LogP contribution in [-0.2, 0) is 13.0 Å². The van der Waals surface area contributed by atoms with E-state index in [1.165, 1.54) is 29.9 Å². The first-order valence-electron chi connectivity index (χ1n) is 10.5. The summed E-state index contributed by atoms with van der Waals surface area (Å²) in [7, 11) is 0. The summed E-state index contributed by atoms with van der Waals surface area (Å²) in [6.07, 6.45) is 4.24. The van der Waals surface area contributed by atoms with Crippen LogP contribution in [0.4, 0.5) is 4.39 Å². The molecule has 0 bridgehead atoms. The predicted octanol–water partition coefficient (Wildman–Crippen LogP) is 4.36. The van der Waals surface area contributed by atoms with Crippen molar-refractivity contribution in [2.45, 2.75) is 38.3 Å². The van der Waals surface area contributed by atoms with Gasteiger partial charge in [-0.3, -0.25) is 9.69 Å². The molecule has 0 saturated carbocycles. The van der Waals surface area contributed by atoms with E-state index in [-0.39, 0.29) is 24.9 Å². The second-order valence-electron chi connectivity index (χ2n) is 7.84. The van der Waals surface area contributed by atoms with Crippen LogP contribution in [-0.4, -0.2) is 41.7 Å². The number of carbonyl (C=O) groups excluding carboxylic acids is 1. The van der Waals surface area contributed by atoms with Crippen LogP contribution >= 0.6 is 11.3 Å². The molecular formula is C24H27FN2O2S. The number of halogens is 1. The monoisotopic (exact) mass is 426 g/mol. The van der Waals surface area contributed by atoms with Gasteiger partial charge in [-0.15, -0.1) is 11.3 Å². The van der Waals surface area contributed by atoms with Crippen molar-refractivity contribution >= 4 is 27.3 Å². The summed E-state index contributed by atoms with van der Waals surface area (Å²) in [6, 6.07) is 15.3. The zero-order chi connectivity index (χ0) is 20.9. The topological polar surface area (TPSA) is 52.6 Å². The second kappa shape index (κ2) is 9.69. The molecule has 4 rings (SSSR count). The van der Waals surface area contributed by atoms with E-state index in [1.807, 2.05) is 24.3 Å². The SMILES string of the molecule is O=C(NCCO)c1sc2ccccc2c1C[C@H]1CCCCN1Cc1ccc(F)cc1. The quantitative estimate of drug-likeness (QED) is 0.590. The maximum Gasteiger partial charge on any atom is 0.261 e. The lowest BCUT2D eigenvalue weighted by Crippen LogP contribution is -2.40. The first kappa shape index (κ1) is 21.0. The number of nitrogens with one attached hydrogen (secondary N) is 1. The average Bonchev–Trinajstić information content (AvgIpc) is 3.13. The Hall–Kier alpha value is -2.28. The van der Waals surface area contributed by atoms with Gasteiger partial charge in [-0.05, 0) is 60.5 Å². The first-order chi connectivity index (χ1) is 14.7. The summed E-state index contributed by atoms with van der Waals surface area (Å²) >= 11 is 1.52. The number of thiophene rings is 1. The smallest absolute Gasteiger partial charge is 0.261 e. The molecule has 1 fully saturated rings. The highest BCUT2D eigenvalue weighted by atomic mass is 32.1. The van der Waals surface area contributed by atoms with Crippen LogP contribution in [0.15, 0.2) is 48.5 Å². The number of rotatable bonds is 7. The number of carbonyl (C=O) groups is 1. The highest BCUT2D eigenvalue weighted by Crippen LogP contribution is 2.34. The molecule has 2 heterocycles. The molecule has 1 aliphatic heterocycles. The number of piperidine rings is 1. The van der Waals surface area contributed by atoms with Crippen molar-refractivity contribution in [2.75, 3.05) is 19.7 Å². The molecular weight excluding hydrogens is 399 g/mol. The highest BCUT2D eigenvalue weighted by Gasteiger charge is 2.27. The minimum atomic E-state index is -0.211. The van der Waals surface area contributed by atoms with Gasteiger partial charge in [0.2, 0.25) is 0 Å². The van der Waals surface area contributed by atoms with E-state index >= 15 is 0 Å². The van der Waals surface area contributed by atoms with Gasteiger partial charge >= 0.3 is 0 Å². The molecule has 0 unspecified atom stereocenters. The third kappa shape index (κ3) is 4.72. The van der Waals surface area contributed by atoms with Crippen molar-refractivity contribution in [1.82, 2.24) is 10.2 Å². The number of likely N-dealkylation sites (tertiary alicyclic amines) is 1. The summed E-state index contributed by atoms with van der Waals surface area (Å²) in [5, 5.41) is 13.0. The minimum Gasteiger partial charge on any atom is -0.395 e. The van der Waals surface area contributed by atoms with E-state index in [0.29, 0.717) is 6.04 Å². The van der Waals surface area contributed by atoms with Crippen molar-refractivity contribution in [3.8, 4) is 0 Å². The van der Waals surface area contributed by atoms with Crippen LogP contribution < -0.4 is 5.32 Å². The lowest BCUT2D eigenvalue weighted by Gasteiger charge is -2.36. The standard InChI is InChI=1S/C24H27FN2O2S/c25-18-10-8-17(9-11-18)16-27-13-4-3-5-19(27)15-21-20-6-1-2-7-22(20)30-23(21)24(29)26-12-14-28/h1-2,6-11,19,28H,3-5,12-16H2,(H,26,29)/t19-/m1/s1. The molecule has 0 aliphatic carbocycles. The number of aliphatic hydroxyl groups excluding tert-OH is 1. The predicted molar refractivity (Wildman–Crippen MR) is 119 cm³/mol. The van der Waals surface area contributed by atoms with Gasteiger partial charge in [0.05, 0.1) is 11.5 Å². The summed E-state index contributed by atoms with van der Waals surface area (Å²) < 4.78 is 14.4. The molecule has 0 spiro atoms. The molecule has 6 heteroatoms. The van der Waals surface area contributed by atoms with Crippen molar-refractivity contribution < 1.29 is 14.3 Å². The summed E-state index contributed by atoms with van der Waals surface area (Å²) in [6.45, 7) is 1.99. The van der Waals surface area contributed by atoms with Crippen LogP contribution in [0.25, 0.3) is 10.1 Å². The molecule has 1 atom stereocenters. The fourth-order valence-corrected chi connectivity index (χ4v) is 5.44. The second-order valence-corrected chi connectivity index (χ2v) is 8.89. The van der Waals surface area contributed by atoms with E-state index < -0.39 is 0 Å². The number of hydrogen-bond acceptors (Lipinski definition) is 4. The van der Waals surface area contributed by atoms with Gasteiger partial charge < -0.3 is 10.4 Å². The molecule has 158 valence electrons. The Labute approximate surface area is 180 Å². The van der Waals surface area contributed by atoms with Crippen LogP contribution in [0.1, 0.15) is 40.1 Å². The zero-order valence-electron chi connectivity index (χ0n) is 16.9. The lowest BCUT2D eigenvalue weighted by molar-refractivity contribution is 0.0946. The molecule has 1 amide bonds. The van der Waals surface area contributed by atoms with Crippen LogP contribution in [0.2, 0.25) is 0 Å². The fraction of sp³-hybridized carbons (Fsp3) is 0.375. The van der Waals surface area contributed by atoms with Crippen LogP contribution in [0, 0.1) is 5.82 Å². The van der Waals surface area contributed by atoms with Crippen molar-refractivity contribution in [1.29, 1.82) is 0 Å². The van der Waals surface area contributed by atoms with E-state index in [1.54, 1.807) is 0 Å². The van der Waals surface area contributed by atoms with Crippen molar-refractivity contribution in [3.63, 3.8) is 0 Å². The maximum atomic E-state index is 13.3. The maximum absolute atomic E-state index is 13.3. The number of amides is 1. The van der Waals surface area contributed by atoms with Gasteiger partial charge in [-0.1, -0.05) is 36.8 Å². The summed E-state index contributed by atoms with van der Waals surface area (Å²) in [4.78, 5) is 16.0. The highest BCUT2D eigenvalue weighted by molar-refractivity contribution is 7.21.